The lowest BCUT2D eigenvalue weighted by atomic mass is 9.90. The van der Waals surface area contributed by atoms with Crippen LogP contribution in [0.5, 0.6) is 0 Å². The van der Waals surface area contributed by atoms with E-state index in [9.17, 15) is 0 Å². The number of benzene rings is 1. The molecule has 1 aliphatic rings. The van der Waals surface area contributed by atoms with Gasteiger partial charge in [0.2, 0.25) is 0 Å². The van der Waals surface area contributed by atoms with Crippen LogP contribution in [0.2, 0.25) is 0 Å². The van der Waals surface area contributed by atoms with Gasteiger partial charge in [0.25, 0.3) is 0 Å². The second kappa shape index (κ2) is 5.17. The van der Waals surface area contributed by atoms with Crippen molar-refractivity contribution in [1.82, 2.24) is 10.3 Å². The van der Waals surface area contributed by atoms with Gasteiger partial charge in [-0.1, -0.05) is 26.0 Å². The van der Waals surface area contributed by atoms with Gasteiger partial charge in [0.05, 0.1) is 5.52 Å². The van der Waals surface area contributed by atoms with Gasteiger partial charge >= 0.3 is 0 Å². The first-order valence-corrected chi connectivity index (χ1v) is 7.73. The highest BCUT2D eigenvalue weighted by Crippen LogP contribution is 2.54. The number of aryl methyl sites for hydroxylation is 1. The van der Waals surface area contributed by atoms with E-state index in [1.807, 2.05) is 6.92 Å². The van der Waals surface area contributed by atoms with E-state index in [1.54, 1.807) is 0 Å². The summed E-state index contributed by atoms with van der Waals surface area (Å²) in [6, 6.07) is 11.5. The summed E-state index contributed by atoms with van der Waals surface area (Å²) >= 11 is 0. The van der Waals surface area contributed by atoms with Crippen LogP contribution in [0.4, 0.5) is 0 Å². The van der Waals surface area contributed by atoms with Crippen molar-refractivity contribution >= 4 is 10.9 Å². The molecule has 1 aromatic carbocycles. The highest BCUT2D eigenvalue weighted by molar-refractivity contribution is 5.79. The molecule has 1 atom stereocenters. The van der Waals surface area contributed by atoms with E-state index in [0.717, 1.165) is 17.8 Å². The monoisotopic (exact) mass is 268 g/mol. The molecule has 1 aliphatic carbocycles. The molecule has 1 heterocycles. The van der Waals surface area contributed by atoms with E-state index < -0.39 is 0 Å². The normalized spacial score (nSPS) is 18.1. The fraction of sp³-hybridized carbons (Fsp3) is 0.500. The Hall–Kier alpha value is -1.41. The van der Waals surface area contributed by atoms with Crippen LogP contribution < -0.4 is 5.32 Å². The molecule has 3 rings (SSSR count). The Labute approximate surface area is 121 Å². The van der Waals surface area contributed by atoms with Crippen LogP contribution >= 0.6 is 0 Å². The zero-order chi connectivity index (χ0) is 14.2. The summed E-state index contributed by atoms with van der Waals surface area (Å²) in [6.07, 6.45) is 3.85. The summed E-state index contributed by atoms with van der Waals surface area (Å²) in [5.74, 6) is 0. The van der Waals surface area contributed by atoms with Gasteiger partial charge in [0.15, 0.2) is 0 Å². The summed E-state index contributed by atoms with van der Waals surface area (Å²) in [4.78, 5) is 4.60. The van der Waals surface area contributed by atoms with E-state index in [1.165, 1.54) is 30.2 Å². The molecular weight excluding hydrogens is 244 g/mol. The first-order valence-electron chi connectivity index (χ1n) is 7.73. The second-order valence-corrected chi connectivity index (χ2v) is 6.45. The van der Waals surface area contributed by atoms with Crippen LogP contribution in [0, 0.1) is 12.3 Å². The van der Waals surface area contributed by atoms with Gasteiger partial charge in [-0.15, -0.1) is 0 Å². The second-order valence-electron chi connectivity index (χ2n) is 6.45. The Morgan fingerprint density at radius 3 is 2.75 bits per heavy atom. The number of fused-ring (bicyclic) bond motifs is 1. The average molecular weight is 268 g/mol. The summed E-state index contributed by atoms with van der Waals surface area (Å²) in [7, 11) is 0. The van der Waals surface area contributed by atoms with E-state index in [-0.39, 0.29) is 0 Å². The molecule has 1 unspecified atom stereocenters. The van der Waals surface area contributed by atoms with Crippen molar-refractivity contribution < 1.29 is 0 Å². The number of nitrogens with zero attached hydrogens (tertiary/aromatic N) is 1. The molecule has 1 aromatic heterocycles. The van der Waals surface area contributed by atoms with Crippen LogP contribution in [0.15, 0.2) is 30.3 Å². The Kier molecular flexibility index (Phi) is 3.51. The lowest BCUT2D eigenvalue weighted by Gasteiger charge is -2.25. The predicted molar refractivity (Wildman–Crippen MR) is 84.9 cm³/mol. The predicted octanol–water partition coefficient (Wildman–Crippen LogP) is 4.38. The van der Waals surface area contributed by atoms with Crippen molar-refractivity contribution in [1.29, 1.82) is 0 Å². The first-order chi connectivity index (χ1) is 9.62. The molecule has 0 spiro atoms. The van der Waals surface area contributed by atoms with Crippen molar-refractivity contribution in [3.8, 4) is 0 Å². The summed E-state index contributed by atoms with van der Waals surface area (Å²) in [6.45, 7) is 7.76. The van der Waals surface area contributed by atoms with Crippen molar-refractivity contribution in [2.45, 2.75) is 46.1 Å². The highest BCUT2D eigenvalue weighted by atomic mass is 14.9. The number of aromatic nitrogens is 1. The third-order valence-corrected chi connectivity index (χ3v) is 4.52. The van der Waals surface area contributed by atoms with E-state index in [2.05, 4.69) is 54.5 Å². The minimum Gasteiger partial charge on any atom is -0.309 e. The lowest BCUT2D eigenvalue weighted by Crippen LogP contribution is -2.28. The van der Waals surface area contributed by atoms with Crippen LogP contribution in [0.1, 0.15) is 50.4 Å². The zero-order valence-corrected chi connectivity index (χ0v) is 12.7. The van der Waals surface area contributed by atoms with Gasteiger partial charge in [-0.25, -0.2) is 0 Å². The molecule has 2 nitrogen and oxygen atoms in total. The number of pyridine rings is 1. The van der Waals surface area contributed by atoms with Crippen molar-refractivity contribution in [2.24, 2.45) is 5.41 Å². The number of rotatable bonds is 5. The summed E-state index contributed by atoms with van der Waals surface area (Å²) in [5, 5.41) is 4.99. The van der Waals surface area contributed by atoms with E-state index in [0.29, 0.717) is 11.5 Å². The Bertz CT molecular complexity index is 614. The number of hydrogen-bond donors (Lipinski definition) is 1. The van der Waals surface area contributed by atoms with Crippen molar-refractivity contribution in [3.63, 3.8) is 0 Å². The maximum Gasteiger partial charge on any atom is 0.0705 e. The van der Waals surface area contributed by atoms with Gasteiger partial charge in [-0.2, -0.15) is 0 Å². The topological polar surface area (TPSA) is 24.9 Å². The van der Waals surface area contributed by atoms with Crippen LogP contribution in [0.3, 0.4) is 0 Å². The van der Waals surface area contributed by atoms with Crippen LogP contribution in [0.25, 0.3) is 10.9 Å². The Morgan fingerprint density at radius 1 is 1.25 bits per heavy atom. The molecule has 2 aromatic rings. The Balaban J connectivity index is 1.96. The quantitative estimate of drug-likeness (QED) is 0.870. The molecule has 0 saturated heterocycles. The third-order valence-electron chi connectivity index (χ3n) is 4.52. The molecule has 1 fully saturated rings. The average Bonchev–Trinajstić information content (AvgIpc) is 3.18. The number of nitrogens with one attached hydrogen (secondary N) is 1. The van der Waals surface area contributed by atoms with E-state index >= 15 is 0 Å². The van der Waals surface area contributed by atoms with Gasteiger partial charge in [-0.3, -0.25) is 4.98 Å². The van der Waals surface area contributed by atoms with Gasteiger partial charge in [0, 0.05) is 17.1 Å². The minimum absolute atomic E-state index is 0.445. The molecule has 1 saturated carbocycles. The van der Waals surface area contributed by atoms with Crippen LogP contribution in [-0.2, 0) is 0 Å². The molecule has 1 N–H and O–H groups in total. The summed E-state index contributed by atoms with van der Waals surface area (Å²) < 4.78 is 0. The molecule has 0 radical (unpaired) electrons. The molecular formula is C18H24N2. The summed E-state index contributed by atoms with van der Waals surface area (Å²) in [5.41, 5.74) is 4.04. The molecule has 0 bridgehead atoms. The largest absolute Gasteiger partial charge is 0.309 e. The fourth-order valence-corrected chi connectivity index (χ4v) is 2.97. The maximum absolute atomic E-state index is 4.60. The van der Waals surface area contributed by atoms with Crippen LogP contribution in [-0.4, -0.2) is 11.5 Å². The Morgan fingerprint density at radius 2 is 2.05 bits per heavy atom. The van der Waals surface area contributed by atoms with Gasteiger partial charge < -0.3 is 5.32 Å². The first kappa shape index (κ1) is 13.6. The van der Waals surface area contributed by atoms with Crippen molar-refractivity contribution in [3.05, 3.63) is 41.6 Å². The molecule has 0 aliphatic heterocycles. The molecule has 106 valence electrons. The highest BCUT2D eigenvalue weighted by Gasteiger charge is 2.45. The van der Waals surface area contributed by atoms with Gasteiger partial charge in [0.1, 0.15) is 0 Å². The van der Waals surface area contributed by atoms with E-state index in [4.69, 9.17) is 0 Å². The lowest BCUT2D eigenvalue weighted by molar-refractivity contribution is 0.367. The smallest absolute Gasteiger partial charge is 0.0705 e. The zero-order valence-electron chi connectivity index (χ0n) is 12.7. The standard InChI is InChI=1S/C18H24N2/c1-4-11-19-17(18(3)9-10-18)15-7-8-16-14(12-15)6-5-13(2)20-16/h5-8,12,17,19H,4,9-11H2,1-3H3. The number of hydrogen-bond acceptors (Lipinski definition) is 2. The third kappa shape index (κ3) is 2.57. The molecule has 2 heteroatoms. The molecule has 0 amide bonds. The maximum atomic E-state index is 4.60. The SMILES string of the molecule is CCCNC(c1ccc2nc(C)ccc2c1)C1(C)CC1. The van der Waals surface area contributed by atoms with Gasteiger partial charge in [-0.05, 0) is 61.9 Å². The molecule has 20 heavy (non-hydrogen) atoms. The fourth-order valence-electron chi connectivity index (χ4n) is 2.97. The van der Waals surface area contributed by atoms with Crippen molar-refractivity contribution in [2.75, 3.05) is 6.54 Å². The minimum atomic E-state index is 0.445.